The second-order valence-corrected chi connectivity index (χ2v) is 3.22. The number of carbonyl (C=O) groups is 1. The first-order valence-electron chi connectivity index (χ1n) is 4.89. The maximum absolute atomic E-state index is 11.0. The van der Waals surface area contributed by atoms with Gasteiger partial charge >= 0.3 is 0 Å². The van der Waals surface area contributed by atoms with Crippen LogP contribution in [0.25, 0.3) is 0 Å². The molecule has 0 saturated heterocycles. The van der Waals surface area contributed by atoms with E-state index in [1.165, 1.54) is 12.1 Å². The van der Waals surface area contributed by atoms with E-state index >= 15 is 0 Å². The van der Waals surface area contributed by atoms with E-state index in [4.69, 9.17) is 11.5 Å². The van der Waals surface area contributed by atoms with E-state index in [0.717, 1.165) is 5.56 Å². The van der Waals surface area contributed by atoms with Crippen LogP contribution in [0.15, 0.2) is 18.2 Å². The van der Waals surface area contributed by atoms with Crippen LogP contribution < -0.4 is 5.32 Å². The van der Waals surface area contributed by atoms with Crippen molar-refractivity contribution in [2.45, 2.75) is 6.42 Å². The quantitative estimate of drug-likeness (QED) is 0.519. The summed E-state index contributed by atoms with van der Waals surface area (Å²) in [5.74, 6) is 5.67. The Morgan fingerprint density at radius 3 is 2.76 bits per heavy atom. The minimum Gasteiger partial charge on any atom is -0.504 e. The lowest BCUT2D eigenvalue weighted by Crippen LogP contribution is -2.23. The van der Waals surface area contributed by atoms with E-state index in [1.54, 1.807) is 6.07 Å². The molecule has 0 unspecified atom stereocenters. The maximum atomic E-state index is 11.0. The highest BCUT2D eigenvalue weighted by molar-refractivity contribution is 5.93. The monoisotopic (exact) mass is 229 g/mol. The smallest absolute Gasteiger partial charge is 0.296 e. The summed E-state index contributed by atoms with van der Waals surface area (Å²) in [5, 5.41) is 20.9. The molecule has 1 aromatic rings. The molecule has 86 valence electrons. The molecule has 0 aliphatic rings. The number of hydrogen-bond acceptors (Lipinski definition) is 3. The van der Waals surface area contributed by atoms with Crippen molar-refractivity contribution < 1.29 is 15.0 Å². The summed E-state index contributed by atoms with van der Waals surface area (Å²) in [6, 6.07) is 4.49. The van der Waals surface area contributed by atoms with Crippen LogP contribution in [0.3, 0.4) is 0 Å². The number of carbonyl (C=O) groups excluding carboxylic acids is 1. The van der Waals surface area contributed by atoms with Crippen LogP contribution in [0.2, 0.25) is 0 Å². The van der Waals surface area contributed by atoms with Crippen LogP contribution in [0.1, 0.15) is 5.56 Å². The molecule has 0 heterocycles. The highest BCUT2D eigenvalue weighted by atomic mass is 16.3. The predicted molar refractivity (Wildman–Crippen MR) is 63.1 cm³/mol. The Morgan fingerprint density at radius 1 is 1.35 bits per heavy atom. The van der Waals surface area contributed by atoms with Crippen LogP contribution in [-0.2, 0) is 11.2 Å². The topological polar surface area (TPSA) is 69.6 Å². The molecule has 1 aromatic carbocycles. The van der Waals surface area contributed by atoms with E-state index in [1.807, 2.05) is 5.92 Å². The molecule has 4 heteroatoms. The van der Waals surface area contributed by atoms with E-state index in [-0.39, 0.29) is 11.5 Å². The molecule has 0 spiro atoms. The van der Waals surface area contributed by atoms with Gasteiger partial charge in [0, 0.05) is 12.5 Å². The number of aromatic hydroxyl groups is 2. The van der Waals surface area contributed by atoms with Crippen molar-refractivity contribution in [1.82, 2.24) is 5.32 Å². The number of terminal acetylenes is 1. The molecule has 0 atom stereocenters. The predicted octanol–water partition coefficient (Wildman–Crippen LogP) is 0.393. The fourth-order valence-electron chi connectivity index (χ4n) is 1.18. The molecule has 4 nitrogen and oxygen atoms in total. The van der Waals surface area contributed by atoms with Crippen LogP contribution in [0.5, 0.6) is 11.5 Å². The SMILES string of the molecule is C#CC#CC(=O)NCCc1ccc(O)c(O)c1. The van der Waals surface area contributed by atoms with E-state index < -0.39 is 5.91 Å². The van der Waals surface area contributed by atoms with Crippen LogP contribution >= 0.6 is 0 Å². The zero-order chi connectivity index (χ0) is 12.7. The Kier molecular flexibility index (Phi) is 4.47. The minimum absolute atomic E-state index is 0.169. The standard InChI is InChI=1S/C13H11NO3/c1-2-3-4-13(17)14-8-7-10-5-6-11(15)12(16)9-10/h1,5-6,9,15-16H,7-8H2,(H,14,17). The fourth-order valence-corrected chi connectivity index (χ4v) is 1.18. The summed E-state index contributed by atoms with van der Waals surface area (Å²) in [5.41, 5.74) is 0.797. The van der Waals surface area contributed by atoms with Crippen molar-refractivity contribution in [1.29, 1.82) is 0 Å². The summed E-state index contributed by atoms with van der Waals surface area (Å²) in [4.78, 5) is 11.0. The summed E-state index contributed by atoms with van der Waals surface area (Å²) in [7, 11) is 0. The lowest BCUT2D eigenvalue weighted by Gasteiger charge is -2.03. The Morgan fingerprint density at radius 2 is 2.12 bits per heavy atom. The molecule has 0 saturated carbocycles. The molecule has 0 fully saturated rings. The molecule has 17 heavy (non-hydrogen) atoms. The van der Waals surface area contributed by atoms with Gasteiger partial charge in [-0.2, -0.15) is 0 Å². The van der Waals surface area contributed by atoms with Gasteiger partial charge in [0.15, 0.2) is 11.5 Å². The van der Waals surface area contributed by atoms with Gasteiger partial charge in [-0.05, 0) is 36.0 Å². The van der Waals surface area contributed by atoms with Gasteiger partial charge in [0.2, 0.25) is 0 Å². The van der Waals surface area contributed by atoms with Crippen LogP contribution in [0, 0.1) is 24.2 Å². The van der Waals surface area contributed by atoms with E-state index in [9.17, 15) is 9.90 Å². The number of phenols is 2. The Labute approximate surface area is 99.3 Å². The highest BCUT2D eigenvalue weighted by Crippen LogP contribution is 2.24. The third-order valence-electron chi connectivity index (χ3n) is 1.99. The normalized spacial score (nSPS) is 8.65. The maximum Gasteiger partial charge on any atom is 0.296 e. The molecule has 0 bridgehead atoms. The third-order valence-corrected chi connectivity index (χ3v) is 1.99. The van der Waals surface area contributed by atoms with Gasteiger partial charge in [-0.25, -0.2) is 0 Å². The van der Waals surface area contributed by atoms with Gasteiger partial charge in [-0.3, -0.25) is 4.79 Å². The summed E-state index contributed by atoms with van der Waals surface area (Å²) in [6.07, 6.45) is 5.40. The largest absolute Gasteiger partial charge is 0.504 e. The molecule has 0 radical (unpaired) electrons. The molecule has 0 aromatic heterocycles. The molecule has 0 aliphatic heterocycles. The van der Waals surface area contributed by atoms with E-state index in [2.05, 4.69) is 17.2 Å². The van der Waals surface area contributed by atoms with Gasteiger partial charge in [-0.1, -0.05) is 6.07 Å². The molecular weight excluding hydrogens is 218 g/mol. The molecule has 3 N–H and O–H groups in total. The first kappa shape index (κ1) is 12.5. The van der Waals surface area contributed by atoms with Gasteiger partial charge in [0.1, 0.15) is 0 Å². The Bertz CT molecular complexity index is 518. The van der Waals surface area contributed by atoms with Crippen molar-refractivity contribution >= 4 is 5.91 Å². The van der Waals surface area contributed by atoms with Crippen molar-refractivity contribution in [3.05, 3.63) is 23.8 Å². The zero-order valence-corrected chi connectivity index (χ0v) is 9.03. The fraction of sp³-hybridized carbons (Fsp3) is 0.154. The van der Waals surface area contributed by atoms with Gasteiger partial charge in [-0.15, -0.1) is 6.42 Å². The average molecular weight is 229 g/mol. The summed E-state index contributed by atoms with van der Waals surface area (Å²) < 4.78 is 0. The second-order valence-electron chi connectivity index (χ2n) is 3.22. The number of phenolic OH excluding ortho intramolecular Hbond substituents is 2. The molecule has 1 amide bonds. The first-order chi connectivity index (χ1) is 8.13. The summed E-state index contributed by atoms with van der Waals surface area (Å²) in [6.45, 7) is 0.377. The van der Waals surface area contributed by atoms with Gasteiger partial charge < -0.3 is 15.5 Å². The van der Waals surface area contributed by atoms with Gasteiger partial charge in [0.05, 0.1) is 0 Å². The number of amides is 1. The minimum atomic E-state index is -0.439. The van der Waals surface area contributed by atoms with Crippen molar-refractivity contribution in [2.75, 3.05) is 6.54 Å². The average Bonchev–Trinajstić information content (AvgIpc) is 2.31. The van der Waals surface area contributed by atoms with Crippen LogP contribution in [-0.4, -0.2) is 22.7 Å². The number of benzene rings is 1. The van der Waals surface area contributed by atoms with Crippen LogP contribution in [0.4, 0.5) is 0 Å². The van der Waals surface area contributed by atoms with Crippen molar-refractivity contribution in [3.63, 3.8) is 0 Å². The highest BCUT2D eigenvalue weighted by Gasteiger charge is 2.01. The van der Waals surface area contributed by atoms with Gasteiger partial charge in [0.25, 0.3) is 5.91 Å². The zero-order valence-electron chi connectivity index (χ0n) is 9.03. The Balaban J connectivity index is 2.44. The second kappa shape index (κ2) is 6.09. The number of nitrogens with one attached hydrogen (secondary N) is 1. The molecular formula is C13H11NO3. The lowest BCUT2D eigenvalue weighted by atomic mass is 10.1. The first-order valence-corrected chi connectivity index (χ1v) is 4.89. The number of rotatable bonds is 3. The summed E-state index contributed by atoms with van der Waals surface area (Å²) >= 11 is 0. The molecule has 1 rings (SSSR count). The molecule has 0 aliphatic carbocycles. The van der Waals surface area contributed by atoms with Crippen molar-refractivity contribution in [3.8, 4) is 35.7 Å². The lowest BCUT2D eigenvalue weighted by molar-refractivity contribution is -0.115. The van der Waals surface area contributed by atoms with Crippen molar-refractivity contribution in [2.24, 2.45) is 0 Å². The number of hydrogen-bond donors (Lipinski definition) is 3. The third kappa shape index (κ3) is 4.19. The Hall–Kier alpha value is -2.59. The van der Waals surface area contributed by atoms with E-state index in [0.29, 0.717) is 13.0 Å².